The Morgan fingerprint density at radius 1 is 1.04 bits per heavy atom. The average molecular weight is 417 g/mol. The highest BCUT2D eigenvalue weighted by molar-refractivity contribution is 7.99. The summed E-state index contributed by atoms with van der Waals surface area (Å²) in [5.74, 6) is 1.50. The Kier molecular flexibility index (Phi) is 6.88. The molecule has 28 heavy (non-hydrogen) atoms. The Morgan fingerprint density at radius 3 is 2.43 bits per heavy atom. The van der Waals surface area contributed by atoms with Crippen LogP contribution in [0.15, 0.2) is 64.6 Å². The van der Waals surface area contributed by atoms with Crippen molar-refractivity contribution in [2.45, 2.75) is 43.4 Å². The number of nitrogens with one attached hydrogen (secondary N) is 1. The van der Waals surface area contributed by atoms with E-state index in [2.05, 4.69) is 27.1 Å². The van der Waals surface area contributed by atoms with Gasteiger partial charge in [0, 0.05) is 12.3 Å². The van der Waals surface area contributed by atoms with Crippen molar-refractivity contribution in [2.75, 3.05) is 5.75 Å². The maximum atomic E-state index is 12.5. The number of benzene rings is 2. The largest absolute Gasteiger partial charge is 0.305 e. The molecule has 2 aromatic carbocycles. The summed E-state index contributed by atoms with van der Waals surface area (Å²) in [5.41, 5.74) is 2.30. The molecule has 148 valence electrons. The normalized spacial score (nSPS) is 11.6. The molecule has 0 atom stereocenters. The number of rotatable bonds is 9. The lowest BCUT2D eigenvalue weighted by atomic mass is 10.2. The first-order chi connectivity index (χ1) is 13.5. The van der Waals surface area contributed by atoms with Crippen LogP contribution in [0.4, 0.5) is 0 Å². The van der Waals surface area contributed by atoms with Crippen LogP contribution in [0.5, 0.6) is 0 Å². The third-order valence-corrected chi connectivity index (χ3v) is 6.71. The topological polar surface area (TPSA) is 76.9 Å². The number of aryl methyl sites for hydroxylation is 2. The van der Waals surface area contributed by atoms with E-state index in [1.807, 2.05) is 36.6 Å². The maximum absolute atomic E-state index is 12.5. The molecule has 1 aromatic heterocycles. The molecular formula is C20H24N4O2S2. The molecule has 0 radical (unpaired) electrons. The van der Waals surface area contributed by atoms with Crippen LogP contribution in [0.25, 0.3) is 0 Å². The molecule has 0 aliphatic rings. The first kappa shape index (κ1) is 20.6. The monoisotopic (exact) mass is 416 g/mol. The van der Waals surface area contributed by atoms with Gasteiger partial charge in [0.2, 0.25) is 10.0 Å². The van der Waals surface area contributed by atoms with E-state index in [1.165, 1.54) is 5.56 Å². The molecular weight excluding hydrogens is 392 g/mol. The van der Waals surface area contributed by atoms with Crippen LogP contribution in [0, 0.1) is 6.92 Å². The van der Waals surface area contributed by atoms with Gasteiger partial charge in [-0.2, -0.15) is 0 Å². The van der Waals surface area contributed by atoms with Crippen molar-refractivity contribution in [1.82, 2.24) is 19.5 Å². The Labute approximate surface area is 170 Å². The number of nitrogens with zero attached hydrogens (tertiary/aromatic N) is 3. The van der Waals surface area contributed by atoms with Crippen molar-refractivity contribution in [2.24, 2.45) is 0 Å². The molecule has 0 spiro atoms. The van der Waals surface area contributed by atoms with Gasteiger partial charge in [-0.15, -0.1) is 10.2 Å². The van der Waals surface area contributed by atoms with E-state index in [9.17, 15) is 8.42 Å². The van der Waals surface area contributed by atoms with E-state index < -0.39 is 10.0 Å². The van der Waals surface area contributed by atoms with Crippen molar-refractivity contribution in [1.29, 1.82) is 0 Å². The quantitative estimate of drug-likeness (QED) is 0.541. The number of thioether (sulfide) groups is 1. The Morgan fingerprint density at radius 2 is 1.75 bits per heavy atom. The highest BCUT2D eigenvalue weighted by Crippen LogP contribution is 2.19. The second kappa shape index (κ2) is 9.36. The second-order valence-corrected chi connectivity index (χ2v) is 9.19. The zero-order valence-corrected chi connectivity index (χ0v) is 17.6. The van der Waals surface area contributed by atoms with Gasteiger partial charge < -0.3 is 4.57 Å². The minimum atomic E-state index is -3.58. The van der Waals surface area contributed by atoms with Gasteiger partial charge in [-0.1, -0.05) is 59.8 Å². The molecule has 0 unspecified atom stereocenters. The maximum Gasteiger partial charge on any atom is 0.240 e. The van der Waals surface area contributed by atoms with Crippen molar-refractivity contribution < 1.29 is 8.42 Å². The predicted molar refractivity (Wildman–Crippen MR) is 112 cm³/mol. The summed E-state index contributed by atoms with van der Waals surface area (Å²) in [5, 5.41) is 9.24. The first-order valence-electron chi connectivity index (χ1n) is 9.14. The number of hydrogen-bond donors (Lipinski definition) is 1. The second-order valence-electron chi connectivity index (χ2n) is 6.36. The van der Waals surface area contributed by atoms with Gasteiger partial charge >= 0.3 is 0 Å². The molecule has 1 N–H and O–H groups in total. The van der Waals surface area contributed by atoms with Crippen LogP contribution in [0.2, 0.25) is 0 Å². The summed E-state index contributed by atoms with van der Waals surface area (Å²) >= 11 is 1.63. The summed E-state index contributed by atoms with van der Waals surface area (Å²) in [6.07, 6.45) is 0.942. The van der Waals surface area contributed by atoms with Crippen molar-refractivity contribution in [3.8, 4) is 0 Å². The smallest absolute Gasteiger partial charge is 0.240 e. The van der Waals surface area contributed by atoms with Crippen molar-refractivity contribution in [3.05, 3.63) is 71.5 Å². The minimum Gasteiger partial charge on any atom is -0.305 e. The standard InChI is InChI=1S/C20H24N4O2S2/c1-3-24-19(15-21-28(25,26)18-11-9-16(2)10-12-18)22-23-20(24)27-14-13-17-7-5-4-6-8-17/h4-12,21H,3,13-15H2,1-2H3. The SMILES string of the molecule is CCn1c(CNS(=O)(=O)c2ccc(C)cc2)nnc1SCCc1ccccc1. The molecule has 3 aromatic rings. The number of aromatic nitrogens is 3. The van der Waals surface area contributed by atoms with Gasteiger partial charge in [-0.3, -0.25) is 0 Å². The Balaban J connectivity index is 1.62. The van der Waals surface area contributed by atoms with Gasteiger partial charge in [-0.25, -0.2) is 13.1 Å². The number of hydrogen-bond acceptors (Lipinski definition) is 5. The molecule has 0 fully saturated rings. The zero-order chi connectivity index (χ0) is 20.0. The summed E-state index contributed by atoms with van der Waals surface area (Å²) in [7, 11) is -3.58. The van der Waals surface area contributed by atoms with Gasteiger partial charge in [0.1, 0.15) is 5.82 Å². The Hall–Kier alpha value is -2.16. The van der Waals surface area contributed by atoms with Crippen LogP contribution >= 0.6 is 11.8 Å². The summed E-state index contributed by atoms with van der Waals surface area (Å²) in [6.45, 7) is 4.71. The zero-order valence-electron chi connectivity index (χ0n) is 16.0. The van der Waals surface area contributed by atoms with Crippen LogP contribution in [-0.4, -0.2) is 28.9 Å². The third kappa shape index (κ3) is 5.21. The van der Waals surface area contributed by atoms with E-state index in [0.29, 0.717) is 12.4 Å². The lowest BCUT2D eigenvalue weighted by Crippen LogP contribution is -2.25. The van der Waals surface area contributed by atoms with Crippen LogP contribution in [0.1, 0.15) is 23.9 Å². The van der Waals surface area contributed by atoms with Crippen molar-refractivity contribution >= 4 is 21.8 Å². The Bertz CT molecular complexity index is 1000. The molecule has 1 heterocycles. The minimum absolute atomic E-state index is 0.107. The van der Waals surface area contributed by atoms with Gasteiger partial charge in [-0.05, 0) is 38.0 Å². The van der Waals surface area contributed by atoms with E-state index in [4.69, 9.17) is 0 Å². The molecule has 0 saturated carbocycles. The molecule has 0 aliphatic carbocycles. The molecule has 6 nitrogen and oxygen atoms in total. The fourth-order valence-electron chi connectivity index (χ4n) is 2.74. The highest BCUT2D eigenvalue weighted by Gasteiger charge is 2.17. The third-order valence-electron chi connectivity index (χ3n) is 4.33. The molecule has 8 heteroatoms. The summed E-state index contributed by atoms with van der Waals surface area (Å²) in [4.78, 5) is 0.248. The van der Waals surface area contributed by atoms with E-state index >= 15 is 0 Å². The van der Waals surface area contributed by atoms with E-state index in [0.717, 1.165) is 22.9 Å². The first-order valence-corrected chi connectivity index (χ1v) is 11.6. The molecule has 0 saturated heterocycles. The fraction of sp³-hybridized carbons (Fsp3) is 0.300. The van der Waals surface area contributed by atoms with Crippen LogP contribution in [0.3, 0.4) is 0 Å². The molecule has 3 rings (SSSR count). The lowest BCUT2D eigenvalue weighted by Gasteiger charge is -2.09. The average Bonchev–Trinajstić information content (AvgIpc) is 3.09. The van der Waals surface area contributed by atoms with Gasteiger partial charge in [0.25, 0.3) is 0 Å². The predicted octanol–water partition coefficient (Wildman–Crippen LogP) is 3.42. The number of sulfonamides is 1. The summed E-state index contributed by atoms with van der Waals surface area (Å²) < 4.78 is 29.5. The van der Waals surface area contributed by atoms with E-state index in [1.54, 1.807) is 36.0 Å². The summed E-state index contributed by atoms with van der Waals surface area (Å²) in [6, 6.07) is 17.1. The molecule has 0 aliphatic heterocycles. The van der Waals surface area contributed by atoms with Crippen LogP contribution in [-0.2, 0) is 29.5 Å². The lowest BCUT2D eigenvalue weighted by molar-refractivity contribution is 0.572. The highest BCUT2D eigenvalue weighted by atomic mass is 32.2. The molecule has 0 bridgehead atoms. The van der Waals surface area contributed by atoms with Gasteiger partial charge in [0.15, 0.2) is 5.16 Å². The fourth-order valence-corrected chi connectivity index (χ4v) is 4.73. The molecule has 0 amide bonds. The van der Waals surface area contributed by atoms with Gasteiger partial charge in [0.05, 0.1) is 11.4 Å². The van der Waals surface area contributed by atoms with Crippen LogP contribution < -0.4 is 4.72 Å². The van der Waals surface area contributed by atoms with Crippen molar-refractivity contribution in [3.63, 3.8) is 0 Å². The van der Waals surface area contributed by atoms with E-state index in [-0.39, 0.29) is 11.4 Å².